The zero-order valence-electron chi connectivity index (χ0n) is 21.0. The quantitative estimate of drug-likeness (QED) is 0.180. The van der Waals surface area contributed by atoms with Gasteiger partial charge in [0.2, 0.25) is 17.7 Å². The molecule has 0 rings (SSSR count). The number of carbonyl (C=O) groups excluding carboxylic acids is 3. The minimum atomic E-state index is -1.13. The first kappa shape index (κ1) is 30.8. The third-order valence-corrected chi connectivity index (χ3v) is 5.67. The monoisotopic (exact) mass is 471 g/mol. The van der Waals surface area contributed by atoms with E-state index in [4.69, 9.17) is 11.5 Å². The molecule has 0 saturated heterocycles. The highest BCUT2D eigenvalue weighted by molar-refractivity contribution is 5.94. The van der Waals surface area contributed by atoms with Gasteiger partial charge in [0.05, 0.1) is 6.04 Å². The molecule has 192 valence electrons. The van der Waals surface area contributed by atoms with Crippen LogP contribution in [0.4, 0.5) is 0 Å². The molecule has 0 aromatic rings. The van der Waals surface area contributed by atoms with Gasteiger partial charge in [-0.05, 0) is 50.0 Å². The molecule has 3 amide bonds. The summed E-state index contributed by atoms with van der Waals surface area (Å²) in [6.45, 7) is 11.5. The van der Waals surface area contributed by atoms with Crippen molar-refractivity contribution in [3.05, 3.63) is 0 Å². The Balaban J connectivity index is 5.48. The number of rotatable bonds is 16. The van der Waals surface area contributed by atoms with Crippen molar-refractivity contribution in [1.82, 2.24) is 16.0 Å². The molecule has 5 unspecified atom stereocenters. The second kappa shape index (κ2) is 15.6. The maximum Gasteiger partial charge on any atom is 0.326 e. The Morgan fingerprint density at radius 2 is 1.42 bits per heavy atom. The first-order valence-electron chi connectivity index (χ1n) is 11.9. The lowest BCUT2D eigenvalue weighted by Crippen LogP contribution is -2.58. The number of aliphatic carboxylic acids is 1. The predicted octanol–water partition coefficient (Wildman–Crippen LogP) is 0.730. The highest BCUT2D eigenvalue weighted by Crippen LogP contribution is 2.11. The molecule has 0 heterocycles. The largest absolute Gasteiger partial charge is 0.480 e. The predicted molar refractivity (Wildman–Crippen MR) is 128 cm³/mol. The summed E-state index contributed by atoms with van der Waals surface area (Å²) in [5, 5.41) is 17.5. The van der Waals surface area contributed by atoms with E-state index in [9.17, 15) is 24.3 Å². The molecule has 5 atom stereocenters. The zero-order chi connectivity index (χ0) is 25.7. The molecule has 0 radical (unpaired) electrons. The Kier molecular flexibility index (Phi) is 14.6. The highest BCUT2D eigenvalue weighted by Gasteiger charge is 2.32. The third-order valence-electron chi connectivity index (χ3n) is 5.67. The fraction of sp³-hybridized carbons (Fsp3) is 0.826. The lowest BCUT2D eigenvalue weighted by atomic mass is 9.97. The van der Waals surface area contributed by atoms with Crippen LogP contribution in [-0.2, 0) is 19.2 Å². The molecule has 0 spiro atoms. The molecular formula is C23H45N5O5. The summed E-state index contributed by atoms with van der Waals surface area (Å²) >= 11 is 0. The van der Waals surface area contributed by atoms with Crippen molar-refractivity contribution in [2.45, 2.75) is 97.8 Å². The van der Waals surface area contributed by atoms with Crippen molar-refractivity contribution in [3.8, 4) is 0 Å². The summed E-state index contributed by atoms with van der Waals surface area (Å²) in [5.41, 5.74) is 11.5. The normalized spacial score (nSPS) is 15.9. The van der Waals surface area contributed by atoms with Gasteiger partial charge >= 0.3 is 5.97 Å². The molecule has 10 heteroatoms. The fourth-order valence-corrected chi connectivity index (χ4v) is 3.37. The number of unbranched alkanes of at least 4 members (excludes halogenated alkanes) is 1. The average molecular weight is 472 g/mol. The fourth-order valence-electron chi connectivity index (χ4n) is 3.37. The van der Waals surface area contributed by atoms with E-state index in [-0.39, 0.29) is 17.8 Å². The Morgan fingerprint density at radius 3 is 1.88 bits per heavy atom. The van der Waals surface area contributed by atoms with E-state index < -0.39 is 47.9 Å². The van der Waals surface area contributed by atoms with E-state index in [1.807, 2.05) is 20.8 Å². The van der Waals surface area contributed by atoms with Gasteiger partial charge < -0.3 is 32.5 Å². The summed E-state index contributed by atoms with van der Waals surface area (Å²) in [5.74, 6) is -2.95. The van der Waals surface area contributed by atoms with Crippen LogP contribution < -0.4 is 27.4 Å². The molecule has 0 saturated carbocycles. The van der Waals surface area contributed by atoms with Crippen molar-refractivity contribution in [3.63, 3.8) is 0 Å². The number of carboxylic acid groups (broad SMARTS) is 1. The molecular weight excluding hydrogens is 426 g/mol. The topological polar surface area (TPSA) is 177 Å². The summed E-state index contributed by atoms with van der Waals surface area (Å²) in [7, 11) is 0. The number of amides is 3. The second-order valence-corrected chi connectivity index (χ2v) is 9.52. The van der Waals surface area contributed by atoms with Crippen molar-refractivity contribution in [2.24, 2.45) is 29.2 Å². The van der Waals surface area contributed by atoms with Crippen LogP contribution in [0.2, 0.25) is 0 Å². The van der Waals surface area contributed by atoms with Crippen LogP contribution in [0.1, 0.15) is 73.6 Å². The van der Waals surface area contributed by atoms with Crippen molar-refractivity contribution in [2.75, 3.05) is 6.54 Å². The smallest absolute Gasteiger partial charge is 0.326 e. The Morgan fingerprint density at radius 1 is 0.848 bits per heavy atom. The molecule has 0 aromatic carbocycles. The SMILES string of the molecule is CCC(C)C(NC(=O)C(CCCCN)NC(=O)C(NC(=O)C(N)CC(C)C)C(C)C)C(=O)O. The molecule has 33 heavy (non-hydrogen) atoms. The van der Waals surface area contributed by atoms with Gasteiger partial charge in [-0.15, -0.1) is 0 Å². The lowest BCUT2D eigenvalue weighted by Gasteiger charge is -2.28. The maximum atomic E-state index is 13.0. The van der Waals surface area contributed by atoms with Gasteiger partial charge in [0.15, 0.2) is 0 Å². The van der Waals surface area contributed by atoms with Gasteiger partial charge in [0, 0.05) is 0 Å². The van der Waals surface area contributed by atoms with E-state index in [1.54, 1.807) is 20.8 Å². The standard InChI is InChI=1S/C23H45N5O5/c1-7-15(6)19(23(32)33)28-21(30)17(10-8-9-11-24)26-22(31)18(14(4)5)27-20(29)16(25)12-13(2)3/h13-19H,7-12,24-25H2,1-6H3,(H,26,31)(H,27,29)(H,28,30)(H,32,33). The van der Waals surface area contributed by atoms with Gasteiger partial charge in [-0.3, -0.25) is 14.4 Å². The maximum absolute atomic E-state index is 13.0. The molecule has 0 aliphatic carbocycles. The molecule has 0 aromatic heterocycles. The summed E-state index contributed by atoms with van der Waals surface area (Å²) in [6, 6.07) is -3.64. The molecule has 10 nitrogen and oxygen atoms in total. The zero-order valence-corrected chi connectivity index (χ0v) is 21.0. The van der Waals surface area contributed by atoms with Gasteiger partial charge in [-0.25, -0.2) is 4.79 Å². The number of nitrogens with one attached hydrogen (secondary N) is 3. The Hall–Kier alpha value is -2.20. The lowest BCUT2D eigenvalue weighted by molar-refractivity contribution is -0.144. The van der Waals surface area contributed by atoms with Crippen LogP contribution in [0.5, 0.6) is 0 Å². The van der Waals surface area contributed by atoms with Crippen molar-refractivity contribution < 1.29 is 24.3 Å². The highest BCUT2D eigenvalue weighted by atomic mass is 16.4. The van der Waals surface area contributed by atoms with E-state index in [1.165, 1.54) is 0 Å². The first-order chi connectivity index (χ1) is 15.3. The number of nitrogens with two attached hydrogens (primary N) is 2. The number of hydrogen-bond acceptors (Lipinski definition) is 6. The molecule has 0 aliphatic rings. The van der Waals surface area contributed by atoms with E-state index in [0.717, 1.165) is 0 Å². The van der Waals surface area contributed by atoms with Crippen LogP contribution in [0.25, 0.3) is 0 Å². The second-order valence-electron chi connectivity index (χ2n) is 9.52. The van der Waals surface area contributed by atoms with Crippen LogP contribution in [0.3, 0.4) is 0 Å². The minimum Gasteiger partial charge on any atom is -0.480 e. The van der Waals surface area contributed by atoms with Gasteiger partial charge in [0.1, 0.15) is 18.1 Å². The molecule has 0 fully saturated rings. The van der Waals surface area contributed by atoms with Crippen molar-refractivity contribution in [1.29, 1.82) is 0 Å². The Bertz CT molecular complexity index is 641. The summed E-state index contributed by atoms with van der Waals surface area (Å²) in [4.78, 5) is 50.1. The number of carbonyl (C=O) groups is 4. The van der Waals surface area contributed by atoms with Gasteiger partial charge in [0.25, 0.3) is 0 Å². The van der Waals surface area contributed by atoms with E-state index >= 15 is 0 Å². The molecule has 8 N–H and O–H groups in total. The van der Waals surface area contributed by atoms with E-state index in [0.29, 0.717) is 38.6 Å². The van der Waals surface area contributed by atoms with Crippen LogP contribution in [-0.4, -0.2) is 59.5 Å². The Labute approximate surface area is 198 Å². The number of hydrogen-bond donors (Lipinski definition) is 6. The summed E-state index contributed by atoms with van der Waals surface area (Å²) in [6.07, 6.45) is 2.58. The average Bonchev–Trinajstić information content (AvgIpc) is 2.73. The van der Waals surface area contributed by atoms with E-state index in [2.05, 4.69) is 16.0 Å². The summed E-state index contributed by atoms with van der Waals surface area (Å²) < 4.78 is 0. The van der Waals surface area contributed by atoms with Crippen LogP contribution >= 0.6 is 0 Å². The van der Waals surface area contributed by atoms with Crippen LogP contribution in [0.15, 0.2) is 0 Å². The van der Waals surface area contributed by atoms with Crippen molar-refractivity contribution >= 4 is 23.7 Å². The third kappa shape index (κ3) is 11.5. The number of carboxylic acids is 1. The molecule has 0 aliphatic heterocycles. The first-order valence-corrected chi connectivity index (χ1v) is 11.9. The van der Waals surface area contributed by atoms with Crippen LogP contribution in [0, 0.1) is 17.8 Å². The molecule has 0 bridgehead atoms. The minimum absolute atomic E-state index is 0.223. The van der Waals surface area contributed by atoms with Gasteiger partial charge in [-0.1, -0.05) is 48.0 Å². The van der Waals surface area contributed by atoms with Gasteiger partial charge in [-0.2, -0.15) is 0 Å².